The molecule has 0 aliphatic heterocycles. The van der Waals surface area contributed by atoms with Crippen molar-refractivity contribution in [1.82, 2.24) is 15.0 Å². The summed E-state index contributed by atoms with van der Waals surface area (Å²) in [5.74, 6) is 1.43. The SMILES string of the molecule is Clc1nc(-c2cccc(-c3cccc4ccccc34)c2)nc(-c2ccc3c4c2C=CC2=CC=CC(=CC3)C24)n1. The highest BCUT2D eigenvalue weighted by Crippen LogP contribution is 2.48. The number of hydrogen-bond acceptors (Lipinski definition) is 3. The summed E-state index contributed by atoms with van der Waals surface area (Å²) in [7, 11) is 0. The molecule has 0 N–H and O–H groups in total. The van der Waals surface area contributed by atoms with E-state index >= 15 is 0 Å². The molecule has 0 fully saturated rings. The molecule has 39 heavy (non-hydrogen) atoms. The summed E-state index contributed by atoms with van der Waals surface area (Å²) in [6.07, 6.45) is 14.3. The third-order valence-electron chi connectivity index (χ3n) is 7.98. The van der Waals surface area contributed by atoms with Gasteiger partial charge in [-0.1, -0.05) is 109 Å². The number of hydrogen-bond donors (Lipinski definition) is 0. The average molecular weight is 520 g/mol. The lowest BCUT2D eigenvalue weighted by Gasteiger charge is -2.33. The van der Waals surface area contributed by atoms with Gasteiger partial charge in [0.05, 0.1) is 0 Å². The Morgan fingerprint density at radius 3 is 2.51 bits per heavy atom. The Hall–Kier alpha value is -4.60. The molecule has 4 aromatic carbocycles. The molecule has 184 valence electrons. The van der Waals surface area contributed by atoms with Crippen LogP contribution in [0.3, 0.4) is 0 Å². The van der Waals surface area contributed by atoms with Gasteiger partial charge in [0.25, 0.3) is 0 Å². The highest BCUT2D eigenvalue weighted by atomic mass is 35.5. The largest absolute Gasteiger partial charge is 0.226 e. The Labute approximate surface area is 231 Å². The Morgan fingerprint density at radius 1 is 0.692 bits per heavy atom. The van der Waals surface area contributed by atoms with Crippen LogP contribution in [0, 0.1) is 0 Å². The van der Waals surface area contributed by atoms with E-state index in [-0.39, 0.29) is 11.2 Å². The number of halogens is 1. The number of benzene rings is 4. The van der Waals surface area contributed by atoms with Gasteiger partial charge >= 0.3 is 0 Å². The van der Waals surface area contributed by atoms with E-state index in [1.54, 1.807) is 0 Å². The summed E-state index contributed by atoms with van der Waals surface area (Å²) >= 11 is 6.54. The van der Waals surface area contributed by atoms with Gasteiger partial charge in [-0.15, -0.1) is 0 Å². The third-order valence-corrected chi connectivity index (χ3v) is 8.15. The van der Waals surface area contributed by atoms with Crippen molar-refractivity contribution in [3.8, 4) is 33.9 Å². The van der Waals surface area contributed by atoms with Crippen LogP contribution in [0.4, 0.5) is 0 Å². The zero-order valence-electron chi connectivity index (χ0n) is 21.0. The molecule has 1 heterocycles. The summed E-state index contributed by atoms with van der Waals surface area (Å²) in [4.78, 5) is 14.1. The van der Waals surface area contributed by atoms with E-state index in [4.69, 9.17) is 16.6 Å². The second kappa shape index (κ2) is 8.72. The second-order valence-corrected chi connectivity index (χ2v) is 10.5. The summed E-state index contributed by atoms with van der Waals surface area (Å²) < 4.78 is 0. The van der Waals surface area contributed by atoms with Crippen LogP contribution in [0.5, 0.6) is 0 Å². The van der Waals surface area contributed by atoms with Crippen molar-refractivity contribution < 1.29 is 0 Å². The first-order chi connectivity index (χ1) is 19.2. The standard InChI is InChI=1S/C35H22ClN3/c36-35-38-33(26-11-4-10-25(20-26)28-13-5-7-21-6-1-2-12-27(21)28)37-34(39-35)30-19-17-24-15-14-22-8-3-9-23-16-18-29(30)32(24)31(22)23/h1-14,16-20,31H,15H2. The van der Waals surface area contributed by atoms with Gasteiger partial charge in [0, 0.05) is 17.0 Å². The Bertz CT molecular complexity index is 1960. The number of aromatic nitrogens is 3. The molecular formula is C35H22ClN3. The molecule has 0 radical (unpaired) electrons. The first-order valence-electron chi connectivity index (χ1n) is 13.2. The van der Waals surface area contributed by atoms with Crippen LogP contribution in [0.1, 0.15) is 22.6 Å². The van der Waals surface area contributed by atoms with Crippen molar-refractivity contribution in [3.05, 3.63) is 142 Å². The Balaban J connectivity index is 1.25. The molecule has 0 amide bonds. The van der Waals surface area contributed by atoms with Crippen LogP contribution >= 0.6 is 11.6 Å². The molecule has 4 heteroatoms. The van der Waals surface area contributed by atoms with Gasteiger partial charge in [-0.2, -0.15) is 9.97 Å². The summed E-state index contributed by atoms with van der Waals surface area (Å²) in [5.41, 5.74) is 10.8. The fourth-order valence-electron chi connectivity index (χ4n) is 6.21. The first kappa shape index (κ1) is 22.4. The molecule has 0 bridgehead atoms. The van der Waals surface area contributed by atoms with E-state index in [0.29, 0.717) is 11.6 Å². The smallest absolute Gasteiger partial charge is 0.208 e. The number of rotatable bonds is 3. The van der Waals surface area contributed by atoms with Gasteiger partial charge in [-0.05, 0) is 73.8 Å². The monoisotopic (exact) mass is 519 g/mol. The zero-order chi connectivity index (χ0) is 25.9. The number of fused-ring (bicyclic) bond motifs is 1. The summed E-state index contributed by atoms with van der Waals surface area (Å²) in [5, 5.41) is 2.62. The molecule has 0 saturated heterocycles. The minimum atomic E-state index is 0.192. The average Bonchev–Trinajstić information content (AvgIpc) is 2.99. The van der Waals surface area contributed by atoms with Crippen LogP contribution in [0.2, 0.25) is 5.28 Å². The molecule has 3 aliphatic carbocycles. The van der Waals surface area contributed by atoms with E-state index in [9.17, 15) is 0 Å². The van der Waals surface area contributed by atoms with E-state index in [1.807, 2.05) is 12.1 Å². The third kappa shape index (κ3) is 3.62. The fourth-order valence-corrected chi connectivity index (χ4v) is 6.37. The van der Waals surface area contributed by atoms with Gasteiger partial charge in [-0.25, -0.2) is 4.98 Å². The molecule has 0 spiro atoms. The Kier molecular flexibility index (Phi) is 5.01. The fraction of sp³-hybridized carbons (Fsp3) is 0.0571. The first-order valence-corrected chi connectivity index (χ1v) is 13.5. The summed E-state index contributed by atoms with van der Waals surface area (Å²) in [6.45, 7) is 0. The quantitative estimate of drug-likeness (QED) is 0.239. The van der Waals surface area contributed by atoms with Crippen molar-refractivity contribution in [2.45, 2.75) is 12.3 Å². The second-order valence-electron chi connectivity index (χ2n) is 10.2. The molecule has 3 aliphatic rings. The molecule has 1 atom stereocenters. The van der Waals surface area contributed by atoms with Crippen molar-refractivity contribution in [3.63, 3.8) is 0 Å². The number of allylic oxidation sites excluding steroid dienone is 7. The maximum atomic E-state index is 6.54. The lowest BCUT2D eigenvalue weighted by Crippen LogP contribution is -2.18. The highest BCUT2D eigenvalue weighted by molar-refractivity contribution is 6.28. The van der Waals surface area contributed by atoms with Gasteiger partial charge in [0.2, 0.25) is 5.28 Å². The van der Waals surface area contributed by atoms with Crippen LogP contribution in [0.15, 0.2) is 120 Å². The van der Waals surface area contributed by atoms with Crippen molar-refractivity contribution in [1.29, 1.82) is 0 Å². The topological polar surface area (TPSA) is 38.7 Å². The van der Waals surface area contributed by atoms with Gasteiger partial charge in [-0.3, -0.25) is 0 Å². The molecule has 8 rings (SSSR count). The van der Waals surface area contributed by atoms with Crippen molar-refractivity contribution >= 4 is 28.4 Å². The van der Waals surface area contributed by atoms with Crippen molar-refractivity contribution in [2.24, 2.45) is 0 Å². The van der Waals surface area contributed by atoms with Crippen LogP contribution in [0.25, 0.3) is 50.8 Å². The van der Waals surface area contributed by atoms with E-state index in [2.05, 4.69) is 113 Å². The number of nitrogens with zero attached hydrogens (tertiary/aromatic N) is 3. The van der Waals surface area contributed by atoms with E-state index < -0.39 is 0 Å². The molecular weight excluding hydrogens is 498 g/mol. The van der Waals surface area contributed by atoms with Gasteiger partial charge in [0.15, 0.2) is 11.6 Å². The van der Waals surface area contributed by atoms with Crippen LogP contribution in [-0.2, 0) is 6.42 Å². The predicted molar refractivity (Wildman–Crippen MR) is 159 cm³/mol. The van der Waals surface area contributed by atoms with Crippen molar-refractivity contribution in [2.75, 3.05) is 0 Å². The van der Waals surface area contributed by atoms with Gasteiger partial charge < -0.3 is 0 Å². The molecule has 1 aromatic heterocycles. The van der Waals surface area contributed by atoms with Gasteiger partial charge in [0.1, 0.15) is 0 Å². The molecule has 3 nitrogen and oxygen atoms in total. The Morgan fingerprint density at radius 2 is 1.54 bits per heavy atom. The normalized spacial score (nSPS) is 16.6. The molecule has 1 unspecified atom stereocenters. The zero-order valence-corrected chi connectivity index (χ0v) is 21.7. The molecule has 0 saturated carbocycles. The van der Waals surface area contributed by atoms with Crippen LogP contribution < -0.4 is 0 Å². The maximum absolute atomic E-state index is 6.54. The summed E-state index contributed by atoms with van der Waals surface area (Å²) in [6, 6.07) is 27.5. The van der Waals surface area contributed by atoms with E-state index in [1.165, 1.54) is 44.2 Å². The lowest BCUT2D eigenvalue weighted by molar-refractivity contribution is 0.891. The minimum Gasteiger partial charge on any atom is -0.208 e. The molecule has 5 aromatic rings. The highest BCUT2D eigenvalue weighted by Gasteiger charge is 2.32. The lowest BCUT2D eigenvalue weighted by atomic mass is 9.70. The van der Waals surface area contributed by atoms with E-state index in [0.717, 1.165) is 23.1 Å². The maximum Gasteiger partial charge on any atom is 0.226 e. The minimum absolute atomic E-state index is 0.192. The van der Waals surface area contributed by atoms with Crippen LogP contribution in [-0.4, -0.2) is 15.0 Å². The predicted octanol–water partition coefficient (Wildman–Crippen LogP) is 8.77.